The number of ether oxygens (including phenoxy) is 1. The van der Waals surface area contributed by atoms with E-state index in [1.54, 1.807) is 19.2 Å². The fourth-order valence-corrected chi connectivity index (χ4v) is 3.89. The molecule has 3 rings (SSSR count). The number of amides is 1. The number of nitrogens with one attached hydrogen (secondary N) is 1. The van der Waals surface area contributed by atoms with Crippen LogP contribution >= 0.6 is 39.1 Å². The first-order valence-corrected chi connectivity index (χ1v) is 11.0. The second kappa shape index (κ2) is 9.56. The topological polar surface area (TPSA) is 58.9 Å². The first-order valence-electron chi connectivity index (χ1n) is 9.43. The summed E-state index contributed by atoms with van der Waals surface area (Å²) in [6.07, 6.45) is 1.90. The van der Waals surface area contributed by atoms with Gasteiger partial charge in [-0.15, -0.1) is 0 Å². The molecule has 160 valence electrons. The molecule has 0 aliphatic heterocycles. The maximum atomic E-state index is 12.5. The Morgan fingerprint density at radius 1 is 1.33 bits per heavy atom. The van der Waals surface area contributed by atoms with Crippen molar-refractivity contribution in [2.75, 3.05) is 18.5 Å². The third kappa shape index (κ3) is 4.75. The molecule has 0 spiro atoms. The Bertz CT molecular complexity index is 1080. The van der Waals surface area contributed by atoms with Crippen LogP contribution in [0.15, 0.2) is 35.1 Å². The Labute approximate surface area is 194 Å². The van der Waals surface area contributed by atoms with Crippen molar-refractivity contribution >= 4 is 56.4 Å². The second-order valence-electron chi connectivity index (χ2n) is 7.19. The zero-order valence-corrected chi connectivity index (χ0v) is 20.3. The van der Waals surface area contributed by atoms with Gasteiger partial charge in [0.05, 0.1) is 22.9 Å². The molecule has 2 heterocycles. The quantitative estimate of drug-likeness (QED) is 0.468. The average molecular weight is 514 g/mol. The van der Waals surface area contributed by atoms with Crippen LogP contribution in [-0.4, -0.2) is 34.9 Å². The SMILES string of the molecule is Cc1nc2c(OCc3c(Cl)ccc(N(C)C(=O)CNC(C)C)c3Cl)cccn2c1Br. The number of fused-ring (bicyclic) bond motifs is 1. The Kier molecular flexibility index (Phi) is 7.29. The van der Waals surface area contributed by atoms with E-state index in [-0.39, 0.29) is 25.1 Å². The number of anilines is 1. The summed E-state index contributed by atoms with van der Waals surface area (Å²) < 4.78 is 8.79. The fraction of sp³-hybridized carbons (Fsp3) is 0.333. The van der Waals surface area contributed by atoms with Gasteiger partial charge in [-0.05, 0) is 47.1 Å². The summed E-state index contributed by atoms with van der Waals surface area (Å²) in [5.41, 5.74) is 2.74. The average Bonchev–Trinajstić information content (AvgIpc) is 3.00. The lowest BCUT2D eigenvalue weighted by Gasteiger charge is -2.22. The molecular formula is C21H23BrCl2N4O2. The molecular weight excluding hydrogens is 491 g/mol. The van der Waals surface area contributed by atoms with Gasteiger partial charge in [-0.1, -0.05) is 37.0 Å². The number of imidazole rings is 1. The standard InChI is InChI=1S/C21H23BrCl2N4O2/c1-12(2)25-10-18(29)27(4)16-8-7-15(23)14(19(16)24)11-30-17-6-5-9-28-20(22)13(3)26-21(17)28/h5-9,12,25H,10-11H2,1-4H3. The highest BCUT2D eigenvalue weighted by Crippen LogP contribution is 2.35. The van der Waals surface area contributed by atoms with E-state index < -0.39 is 0 Å². The Balaban J connectivity index is 1.84. The number of halogens is 3. The van der Waals surface area contributed by atoms with Crippen LogP contribution in [0.2, 0.25) is 10.0 Å². The van der Waals surface area contributed by atoms with Gasteiger partial charge in [-0.25, -0.2) is 4.98 Å². The van der Waals surface area contributed by atoms with Crippen molar-refractivity contribution in [3.05, 3.63) is 56.4 Å². The van der Waals surface area contributed by atoms with Crippen LogP contribution in [0, 0.1) is 6.92 Å². The molecule has 0 bridgehead atoms. The van der Waals surface area contributed by atoms with Crippen molar-refractivity contribution in [1.82, 2.24) is 14.7 Å². The molecule has 0 saturated carbocycles. The summed E-state index contributed by atoms with van der Waals surface area (Å²) in [6.45, 7) is 6.24. The summed E-state index contributed by atoms with van der Waals surface area (Å²) in [7, 11) is 1.69. The van der Waals surface area contributed by atoms with E-state index >= 15 is 0 Å². The van der Waals surface area contributed by atoms with Crippen molar-refractivity contribution in [2.24, 2.45) is 0 Å². The summed E-state index contributed by atoms with van der Waals surface area (Å²) in [5, 5.41) is 3.97. The van der Waals surface area contributed by atoms with Crippen molar-refractivity contribution < 1.29 is 9.53 Å². The molecule has 30 heavy (non-hydrogen) atoms. The molecule has 1 amide bonds. The zero-order valence-electron chi connectivity index (χ0n) is 17.2. The van der Waals surface area contributed by atoms with E-state index in [0.717, 1.165) is 10.3 Å². The number of aryl methyl sites for hydroxylation is 1. The molecule has 9 heteroatoms. The van der Waals surface area contributed by atoms with Crippen LogP contribution in [0.1, 0.15) is 25.1 Å². The highest BCUT2D eigenvalue weighted by atomic mass is 79.9. The molecule has 3 aromatic rings. The summed E-state index contributed by atoms with van der Waals surface area (Å²) in [6, 6.07) is 7.38. The molecule has 0 unspecified atom stereocenters. The monoisotopic (exact) mass is 512 g/mol. The van der Waals surface area contributed by atoms with Crippen LogP contribution in [-0.2, 0) is 11.4 Å². The van der Waals surface area contributed by atoms with E-state index in [0.29, 0.717) is 32.7 Å². The predicted molar refractivity (Wildman–Crippen MR) is 125 cm³/mol. The van der Waals surface area contributed by atoms with Crippen molar-refractivity contribution in [3.63, 3.8) is 0 Å². The summed E-state index contributed by atoms with van der Waals surface area (Å²) in [4.78, 5) is 18.5. The molecule has 0 aliphatic rings. The minimum Gasteiger partial charge on any atom is -0.485 e. The van der Waals surface area contributed by atoms with Crippen LogP contribution in [0.25, 0.3) is 5.65 Å². The van der Waals surface area contributed by atoms with Crippen LogP contribution < -0.4 is 15.0 Å². The Hall–Kier alpha value is -1.80. The molecule has 0 atom stereocenters. The van der Waals surface area contributed by atoms with Gasteiger partial charge in [0.1, 0.15) is 11.2 Å². The number of aromatic nitrogens is 2. The number of carbonyl (C=O) groups excluding carboxylic acids is 1. The Morgan fingerprint density at radius 3 is 2.77 bits per heavy atom. The van der Waals surface area contributed by atoms with Gasteiger partial charge >= 0.3 is 0 Å². The predicted octanol–water partition coefficient (Wildman–Crippen LogP) is 5.25. The summed E-state index contributed by atoms with van der Waals surface area (Å²) >= 11 is 16.5. The Morgan fingerprint density at radius 2 is 2.07 bits per heavy atom. The van der Waals surface area contributed by atoms with Crippen molar-refractivity contribution in [3.8, 4) is 5.75 Å². The van der Waals surface area contributed by atoms with E-state index in [2.05, 4.69) is 26.2 Å². The molecule has 0 saturated heterocycles. The van der Waals surface area contributed by atoms with Crippen LogP contribution in [0.5, 0.6) is 5.75 Å². The molecule has 1 aromatic carbocycles. The number of hydrogen-bond donors (Lipinski definition) is 1. The number of pyridine rings is 1. The maximum Gasteiger partial charge on any atom is 0.240 e. The first-order chi connectivity index (χ1) is 14.2. The third-order valence-corrected chi connectivity index (χ3v) is 6.38. The van der Waals surface area contributed by atoms with Gasteiger partial charge < -0.3 is 15.0 Å². The van der Waals surface area contributed by atoms with Crippen LogP contribution in [0.4, 0.5) is 5.69 Å². The lowest BCUT2D eigenvalue weighted by molar-refractivity contribution is -0.117. The van der Waals surface area contributed by atoms with Gasteiger partial charge in [0.25, 0.3) is 0 Å². The fourth-order valence-electron chi connectivity index (χ4n) is 2.91. The van der Waals surface area contributed by atoms with Gasteiger partial charge in [0.2, 0.25) is 5.91 Å². The van der Waals surface area contributed by atoms with E-state index in [1.165, 1.54) is 4.90 Å². The minimum absolute atomic E-state index is 0.0951. The molecule has 0 aliphatic carbocycles. The minimum atomic E-state index is -0.0951. The molecule has 6 nitrogen and oxygen atoms in total. The lowest BCUT2D eigenvalue weighted by Crippen LogP contribution is -2.38. The zero-order chi connectivity index (χ0) is 22.0. The first kappa shape index (κ1) is 22.9. The number of rotatable bonds is 7. The number of likely N-dealkylation sites (N-methyl/N-ethyl adjacent to an activating group) is 1. The highest BCUT2D eigenvalue weighted by molar-refractivity contribution is 9.10. The van der Waals surface area contributed by atoms with Gasteiger partial charge in [0, 0.05) is 29.9 Å². The van der Waals surface area contributed by atoms with E-state index in [9.17, 15) is 4.79 Å². The number of hydrogen-bond acceptors (Lipinski definition) is 4. The maximum absolute atomic E-state index is 12.5. The molecule has 1 N–H and O–H groups in total. The number of benzene rings is 1. The lowest BCUT2D eigenvalue weighted by atomic mass is 10.2. The second-order valence-corrected chi connectivity index (χ2v) is 8.73. The van der Waals surface area contributed by atoms with Gasteiger partial charge in [-0.2, -0.15) is 0 Å². The number of nitrogens with zero attached hydrogens (tertiary/aromatic N) is 3. The van der Waals surface area contributed by atoms with Crippen molar-refractivity contribution in [2.45, 2.75) is 33.4 Å². The van der Waals surface area contributed by atoms with E-state index in [1.807, 2.05) is 43.5 Å². The number of carbonyl (C=O) groups is 1. The third-order valence-electron chi connectivity index (χ3n) is 4.65. The molecule has 0 radical (unpaired) electrons. The molecule has 0 fully saturated rings. The summed E-state index contributed by atoms with van der Waals surface area (Å²) in [5.74, 6) is 0.511. The van der Waals surface area contributed by atoms with Crippen LogP contribution in [0.3, 0.4) is 0 Å². The van der Waals surface area contributed by atoms with Gasteiger partial charge in [0.15, 0.2) is 11.4 Å². The largest absolute Gasteiger partial charge is 0.485 e. The highest BCUT2D eigenvalue weighted by Gasteiger charge is 2.19. The van der Waals surface area contributed by atoms with Gasteiger partial charge in [-0.3, -0.25) is 9.20 Å². The van der Waals surface area contributed by atoms with Crippen molar-refractivity contribution in [1.29, 1.82) is 0 Å². The van der Waals surface area contributed by atoms with E-state index in [4.69, 9.17) is 27.9 Å². The molecule has 2 aromatic heterocycles. The normalized spacial score (nSPS) is 11.3. The smallest absolute Gasteiger partial charge is 0.240 e.